The summed E-state index contributed by atoms with van der Waals surface area (Å²) in [6.45, 7) is 0. The van der Waals surface area contributed by atoms with E-state index in [2.05, 4.69) is 30.6 Å². The molecule has 0 fully saturated rings. The normalized spacial score (nSPS) is 10.6. The quantitative estimate of drug-likeness (QED) is 0.821. The molecule has 0 aliphatic rings. The van der Waals surface area contributed by atoms with E-state index in [9.17, 15) is 4.79 Å². The van der Waals surface area contributed by atoms with Gasteiger partial charge in [-0.25, -0.2) is 9.78 Å². The van der Waals surface area contributed by atoms with Gasteiger partial charge in [0.2, 0.25) is 0 Å². The molecule has 0 unspecified atom stereocenters. The second-order valence-electron chi connectivity index (χ2n) is 2.84. The Labute approximate surface area is 98.7 Å². The second kappa shape index (κ2) is 3.83. The number of carbonyl (C=O) groups is 1. The van der Waals surface area contributed by atoms with Crippen molar-refractivity contribution in [3.05, 3.63) is 27.5 Å². The van der Waals surface area contributed by atoms with Gasteiger partial charge in [0.15, 0.2) is 4.73 Å². The lowest BCUT2D eigenvalue weighted by atomic mass is 10.2. The van der Waals surface area contributed by atoms with Crippen LogP contribution in [-0.4, -0.2) is 23.0 Å². The van der Waals surface area contributed by atoms with Crippen molar-refractivity contribution in [2.45, 2.75) is 0 Å². The summed E-state index contributed by atoms with van der Waals surface area (Å²) in [5.41, 5.74) is 1.53. The van der Waals surface area contributed by atoms with Gasteiger partial charge in [-0.15, -0.1) is 0 Å². The Kier molecular flexibility index (Phi) is 2.67. The third-order valence-electron chi connectivity index (χ3n) is 1.97. The summed E-state index contributed by atoms with van der Waals surface area (Å²) in [5, 5.41) is 0.486. The first-order valence-corrected chi connectivity index (χ1v) is 5.22. The Bertz CT molecular complexity index is 538. The van der Waals surface area contributed by atoms with E-state index in [0.29, 0.717) is 26.4 Å². The predicted molar refractivity (Wildman–Crippen MR) is 60.1 cm³/mol. The van der Waals surface area contributed by atoms with E-state index in [-0.39, 0.29) is 0 Å². The molecule has 0 spiro atoms. The van der Waals surface area contributed by atoms with E-state index >= 15 is 0 Å². The minimum atomic E-state index is -0.423. The molecule has 0 aliphatic heterocycles. The number of aromatic nitrogens is 2. The molecule has 0 saturated heterocycles. The molecule has 0 amide bonds. The zero-order valence-electron chi connectivity index (χ0n) is 7.67. The van der Waals surface area contributed by atoms with Crippen molar-refractivity contribution >= 4 is 44.5 Å². The standard InChI is InChI=1S/C9H6BrClN2O2/c1-15-8(14)4-2-3-5(11)7-6(4)12-9(10)13-7/h2-3H,1H3,(H,12,13). The molecule has 15 heavy (non-hydrogen) atoms. The summed E-state index contributed by atoms with van der Waals surface area (Å²) < 4.78 is 5.17. The van der Waals surface area contributed by atoms with E-state index in [0.717, 1.165) is 0 Å². The van der Waals surface area contributed by atoms with Gasteiger partial charge in [0.25, 0.3) is 0 Å². The van der Waals surface area contributed by atoms with Crippen molar-refractivity contribution in [3.8, 4) is 0 Å². The molecule has 1 aromatic carbocycles. The Morgan fingerprint density at radius 2 is 2.33 bits per heavy atom. The summed E-state index contributed by atoms with van der Waals surface area (Å²) in [5.74, 6) is -0.423. The van der Waals surface area contributed by atoms with Crippen LogP contribution < -0.4 is 0 Å². The molecule has 1 heterocycles. The largest absolute Gasteiger partial charge is 0.465 e. The van der Waals surface area contributed by atoms with Crippen molar-refractivity contribution in [2.75, 3.05) is 7.11 Å². The van der Waals surface area contributed by atoms with E-state index in [1.54, 1.807) is 12.1 Å². The Morgan fingerprint density at radius 1 is 1.60 bits per heavy atom. The number of H-pyrrole nitrogens is 1. The zero-order chi connectivity index (χ0) is 11.0. The molecule has 6 heteroatoms. The number of benzene rings is 1. The first kappa shape index (κ1) is 10.4. The predicted octanol–water partition coefficient (Wildman–Crippen LogP) is 2.77. The number of rotatable bonds is 1. The maximum absolute atomic E-state index is 11.4. The molecule has 4 nitrogen and oxygen atoms in total. The lowest BCUT2D eigenvalue weighted by molar-refractivity contribution is 0.0603. The van der Waals surface area contributed by atoms with Gasteiger partial charge in [-0.3, -0.25) is 0 Å². The summed E-state index contributed by atoms with van der Waals surface area (Å²) in [6, 6.07) is 3.21. The van der Waals surface area contributed by atoms with Crippen molar-refractivity contribution in [2.24, 2.45) is 0 Å². The number of carbonyl (C=O) groups excluding carboxylic acids is 1. The van der Waals surface area contributed by atoms with Crippen LogP contribution in [-0.2, 0) is 4.74 Å². The summed E-state index contributed by atoms with van der Waals surface area (Å²) in [4.78, 5) is 18.4. The molecular weight excluding hydrogens is 283 g/mol. The van der Waals surface area contributed by atoms with Gasteiger partial charge >= 0.3 is 5.97 Å². The molecule has 0 aliphatic carbocycles. The van der Waals surface area contributed by atoms with E-state index in [1.807, 2.05) is 0 Å². The summed E-state index contributed by atoms with van der Waals surface area (Å²) in [6.07, 6.45) is 0. The fourth-order valence-corrected chi connectivity index (χ4v) is 1.89. The fourth-order valence-electron chi connectivity index (χ4n) is 1.31. The Balaban J connectivity index is 2.76. The van der Waals surface area contributed by atoms with Gasteiger partial charge in [0.1, 0.15) is 5.52 Å². The number of ether oxygens (including phenoxy) is 1. The molecule has 2 rings (SSSR count). The number of nitrogens with zero attached hydrogens (tertiary/aromatic N) is 1. The van der Waals surface area contributed by atoms with Gasteiger partial charge in [0.05, 0.1) is 23.2 Å². The van der Waals surface area contributed by atoms with Gasteiger partial charge in [-0.2, -0.15) is 0 Å². The van der Waals surface area contributed by atoms with Crippen LogP contribution in [0.5, 0.6) is 0 Å². The molecule has 78 valence electrons. The lowest BCUT2D eigenvalue weighted by Gasteiger charge is -2.00. The van der Waals surface area contributed by atoms with Crippen LogP contribution >= 0.6 is 27.5 Å². The second-order valence-corrected chi connectivity index (χ2v) is 4.00. The van der Waals surface area contributed by atoms with E-state index in [4.69, 9.17) is 11.6 Å². The van der Waals surface area contributed by atoms with Gasteiger partial charge < -0.3 is 9.72 Å². The van der Waals surface area contributed by atoms with Gasteiger partial charge in [-0.05, 0) is 28.1 Å². The highest BCUT2D eigenvalue weighted by atomic mass is 79.9. The van der Waals surface area contributed by atoms with Gasteiger partial charge in [-0.1, -0.05) is 11.6 Å². The molecule has 0 saturated carbocycles. The highest BCUT2D eigenvalue weighted by molar-refractivity contribution is 9.10. The van der Waals surface area contributed by atoms with Crippen molar-refractivity contribution in [1.82, 2.24) is 9.97 Å². The van der Waals surface area contributed by atoms with Crippen LogP contribution in [0.1, 0.15) is 10.4 Å². The molecule has 1 N–H and O–H groups in total. The number of hydrogen-bond acceptors (Lipinski definition) is 3. The number of nitrogens with one attached hydrogen (secondary N) is 1. The molecule has 1 aromatic heterocycles. The maximum atomic E-state index is 11.4. The third-order valence-corrected chi connectivity index (χ3v) is 2.65. The lowest BCUT2D eigenvalue weighted by Crippen LogP contribution is -2.01. The van der Waals surface area contributed by atoms with Crippen LogP contribution in [0.4, 0.5) is 0 Å². The molecule has 0 radical (unpaired) electrons. The van der Waals surface area contributed by atoms with Crippen LogP contribution in [0.2, 0.25) is 5.02 Å². The minimum absolute atomic E-state index is 0.412. The fraction of sp³-hybridized carbons (Fsp3) is 0.111. The number of aromatic amines is 1. The highest BCUT2D eigenvalue weighted by Crippen LogP contribution is 2.26. The zero-order valence-corrected chi connectivity index (χ0v) is 10.0. The first-order chi connectivity index (χ1) is 7.13. The van der Waals surface area contributed by atoms with Crippen LogP contribution in [0.3, 0.4) is 0 Å². The Hall–Kier alpha value is -1.07. The summed E-state index contributed by atoms with van der Waals surface area (Å²) in [7, 11) is 1.33. The highest BCUT2D eigenvalue weighted by Gasteiger charge is 2.15. The molecule has 2 aromatic rings. The maximum Gasteiger partial charge on any atom is 0.340 e. The SMILES string of the molecule is COC(=O)c1ccc(Cl)c2nc(Br)[nH]c12. The number of fused-ring (bicyclic) bond motifs is 1. The third kappa shape index (κ3) is 1.72. The van der Waals surface area contributed by atoms with Crippen LogP contribution in [0.15, 0.2) is 16.9 Å². The number of halogens is 2. The van der Waals surface area contributed by atoms with E-state index < -0.39 is 5.97 Å². The average Bonchev–Trinajstić information content (AvgIpc) is 2.60. The molecule has 0 bridgehead atoms. The number of methoxy groups -OCH3 is 1. The van der Waals surface area contributed by atoms with Crippen molar-refractivity contribution < 1.29 is 9.53 Å². The number of esters is 1. The smallest absolute Gasteiger partial charge is 0.340 e. The monoisotopic (exact) mass is 288 g/mol. The topological polar surface area (TPSA) is 55.0 Å². The number of imidazole rings is 1. The number of hydrogen-bond donors (Lipinski definition) is 1. The van der Waals surface area contributed by atoms with E-state index in [1.165, 1.54) is 7.11 Å². The van der Waals surface area contributed by atoms with Crippen molar-refractivity contribution in [1.29, 1.82) is 0 Å². The first-order valence-electron chi connectivity index (χ1n) is 4.05. The molecule has 0 atom stereocenters. The van der Waals surface area contributed by atoms with Crippen LogP contribution in [0, 0.1) is 0 Å². The minimum Gasteiger partial charge on any atom is -0.465 e. The van der Waals surface area contributed by atoms with Crippen molar-refractivity contribution in [3.63, 3.8) is 0 Å². The molecular formula is C9H6BrClN2O2. The Morgan fingerprint density at radius 3 is 3.00 bits per heavy atom. The van der Waals surface area contributed by atoms with Gasteiger partial charge in [0, 0.05) is 0 Å². The average molecular weight is 290 g/mol. The van der Waals surface area contributed by atoms with Crippen LogP contribution in [0.25, 0.3) is 11.0 Å². The summed E-state index contributed by atoms with van der Waals surface area (Å²) >= 11 is 9.12.